The van der Waals surface area contributed by atoms with Gasteiger partial charge in [0.25, 0.3) is 0 Å². The lowest BCUT2D eigenvalue weighted by molar-refractivity contribution is -0.0429. The van der Waals surface area contributed by atoms with E-state index in [2.05, 4.69) is 77.9 Å². The van der Waals surface area contributed by atoms with E-state index in [-0.39, 0.29) is 0 Å². The Morgan fingerprint density at radius 1 is 0.500 bits per heavy atom. The molecule has 0 bridgehead atoms. The van der Waals surface area contributed by atoms with Crippen molar-refractivity contribution >= 4 is 0 Å². The van der Waals surface area contributed by atoms with Gasteiger partial charge in [-0.1, -0.05) is 152 Å². The Labute approximate surface area is 248 Å². The zero-order valence-corrected chi connectivity index (χ0v) is 27.1. The maximum Gasteiger partial charge on any atom is 0.00619 e. The molecule has 0 aromatic heterocycles. The highest BCUT2D eigenvalue weighted by molar-refractivity contribution is 5.79. The largest absolute Gasteiger partial charge is 0.0654 e. The lowest BCUT2D eigenvalue weighted by Gasteiger charge is -2.67. The summed E-state index contributed by atoms with van der Waals surface area (Å²) in [5.41, 5.74) is 10.2. The van der Waals surface area contributed by atoms with E-state index >= 15 is 0 Å². The summed E-state index contributed by atoms with van der Waals surface area (Å²) >= 11 is 0. The van der Waals surface area contributed by atoms with Gasteiger partial charge in [-0.15, -0.1) is 0 Å². The van der Waals surface area contributed by atoms with Crippen LogP contribution in [0.4, 0.5) is 0 Å². The zero-order valence-electron chi connectivity index (χ0n) is 27.1. The van der Waals surface area contributed by atoms with Gasteiger partial charge in [0.05, 0.1) is 0 Å². The van der Waals surface area contributed by atoms with Crippen molar-refractivity contribution in [3.05, 3.63) is 58.7 Å². The van der Waals surface area contributed by atoms with E-state index in [1.807, 2.05) is 0 Å². The summed E-state index contributed by atoms with van der Waals surface area (Å²) in [5.74, 6) is 3.55. The first kappa shape index (κ1) is 29.9. The van der Waals surface area contributed by atoms with Crippen LogP contribution >= 0.6 is 0 Å². The highest BCUT2D eigenvalue weighted by Crippen LogP contribution is 2.71. The molecule has 3 aliphatic rings. The monoisotopic (exact) mass is 540 g/mol. The molecule has 0 radical (unpaired) electrons. The lowest BCUT2D eigenvalue weighted by atomic mass is 9.37. The first-order chi connectivity index (χ1) is 19.4. The van der Waals surface area contributed by atoms with Crippen LogP contribution in [0.15, 0.2) is 36.4 Å². The molecular weight excluding hydrogens is 480 g/mol. The molecule has 40 heavy (non-hydrogen) atoms. The lowest BCUT2D eigenvalue weighted by Crippen LogP contribution is -2.62. The van der Waals surface area contributed by atoms with Gasteiger partial charge in [0, 0.05) is 10.8 Å². The van der Waals surface area contributed by atoms with Crippen LogP contribution in [-0.2, 0) is 10.8 Å². The summed E-state index contributed by atoms with van der Waals surface area (Å²) in [4.78, 5) is 0. The van der Waals surface area contributed by atoms with Gasteiger partial charge in [-0.25, -0.2) is 0 Å². The second kappa shape index (κ2) is 12.8. The molecule has 0 heterocycles. The van der Waals surface area contributed by atoms with E-state index in [1.54, 1.807) is 22.3 Å². The highest BCUT2D eigenvalue weighted by Gasteiger charge is 2.64. The minimum atomic E-state index is 0.303. The fourth-order valence-corrected chi connectivity index (χ4v) is 10.2. The smallest absolute Gasteiger partial charge is 0.00619 e. The van der Waals surface area contributed by atoms with Crippen molar-refractivity contribution in [1.82, 2.24) is 0 Å². The molecule has 0 aliphatic heterocycles. The number of unbranched alkanes of at least 4 members (excludes halogenated alkanes) is 4. The first-order valence-electron chi connectivity index (χ1n) is 17.7. The minimum Gasteiger partial charge on any atom is -0.0654 e. The average Bonchev–Trinajstić information content (AvgIpc) is 2.96. The van der Waals surface area contributed by atoms with Gasteiger partial charge >= 0.3 is 0 Å². The second-order valence-electron chi connectivity index (χ2n) is 14.7. The van der Waals surface area contributed by atoms with Crippen molar-refractivity contribution in [2.75, 3.05) is 0 Å². The summed E-state index contributed by atoms with van der Waals surface area (Å²) in [5, 5.41) is 0. The fourth-order valence-electron chi connectivity index (χ4n) is 10.2. The van der Waals surface area contributed by atoms with E-state index in [1.165, 1.54) is 114 Å². The molecular formula is C40H60. The fraction of sp³-hybridized carbons (Fsp3) is 0.700. The van der Waals surface area contributed by atoms with E-state index in [0.29, 0.717) is 10.8 Å². The average molecular weight is 541 g/mol. The Bertz CT molecular complexity index is 999. The summed E-state index contributed by atoms with van der Waals surface area (Å²) in [6.07, 6.45) is 22.5. The van der Waals surface area contributed by atoms with E-state index in [4.69, 9.17) is 0 Å². The van der Waals surface area contributed by atoms with Gasteiger partial charge in [0.1, 0.15) is 0 Å². The molecule has 2 aromatic carbocycles. The van der Waals surface area contributed by atoms with Gasteiger partial charge in [-0.2, -0.15) is 0 Å². The van der Waals surface area contributed by atoms with Crippen molar-refractivity contribution in [1.29, 1.82) is 0 Å². The Morgan fingerprint density at radius 2 is 0.800 bits per heavy atom. The van der Waals surface area contributed by atoms with Crippen LogP contribution in [0.2, 0.25) is 0 Å². The number of hydrogen-bond donors (Lipinski definition) is 0. The van der Waals surface area contributed by atoms with Gasteiger partial charge in [-0.05, 0) is 85.5 Å². The third kappa shape index (κ3) is 5.24. The van der Waals surface area contributed by atoms with E-state index in [9.17, 15) is 0 Å². The zero-order chi connectivity index (χ0) is 28.3. The number of rotatable bonds is 12. The molecule has 2 aromatic rings. The molecule has 220 valence electrons. The molecule has 0 amide bonds. The number of aryl methyl sites for hydroxylation is 2. The molecule has 0 spiro atoms. The number of fused-ring (bicyclic) bond motifs is 3. The molecule has 0 N–H and O–H groups in total. The predicted octanol–water partition coefficient (Wildman–Crippen LogP) is 12.3. The Kier molecular flexibility index (Phi) is 9.54. The predicted molar refractivity (Wildman–Crippen MR) is 175 cm³/mol. The van der Waals surface area contributed by atoms with Gasteiger partial charge in [0.2, 0.25) is 0 Å². The molecule has 4 unspecified atom stereocenters. The van der Waals surface area contributed by atoms with Crippen LogP contribution in [0.3, 0.4) is 0 Å². The maximum absolute atomic E-state index is 2.68. The highest BCUT2D eigenvalue weighted by atomic mass is 14.7. The Morgan fingerprint density at radius 3 is 1.07 bits per heavy atom. The molecule has 3 aliphatic carbocycles. The molecule has 0 saturated heterocycles. The molecule has 0 nitrogen and oxygen atoms in total. The van der Waals surface area contributed by atoms with Gasteiger partial charge in [-0.3, -0.25) is 0 Å². The minimum absolute atomic E-state index is 0.303. The van der Waals surface area contributed by atoms with E-state index < -0.39 is 0 Å². The molecule has 0 heteroatoms. The van der Waals surface area contributed by atoms with Crippen LogP contribution < -0.4 is 0 Å². The molecule has 5 rings (SSSR count). The van der Waals surface area contributed by atoms with Gasteiger partial charge in [0.15, 0.2) is 0 Å². The molecule has 2 saturated carbocycles. The third-order valence-corrected chi connectivity index (χ3v) is 12.1. The number of benzene rings is 2. The summed E-state index contributed by atoms with van der Waals surface area (Å²) < 4.78 is 0. The summed E-state index contributed by atoms with van der Waals surface area (Å²) in [6, 6.07) is 15.2. The van der Waals surface area contributed by atoms with Crippen molar-refractivity contribution in [3.8, 4) is 11.1 Å². The van der Waals surface area contributed by atoms with Crippen LogP contribution in [0.5, 0.6) is 0 Å². The maximum atomic E-state index is 2.68. The SMILES string of the molecule is CCCCC1CC23CC(CCCC)C(CCCC)CC2(CC1CCCC)c1cc(C)ccc1-c1ccc(C)cc13. The van der Waals surface area contributed by atoms with Crippen LogP contribution in [-0.4, -0.2) is 0 Å². The quantitative estimate of drug-likeness (QED) is 0.251. The first-order valence-corrected chi connectivity index (χ1v) is 17.7. The van der Waals surface area contributed by atoms with Crippen molar-refractivity contribution in [2.45, 2.75) is 155 Å². The van der Waals surface area contributed by atoms with Crippen LogP contribution in [0, 0.1) is 37.5 Å². The van der Waals surface area contributed by atoms with E-state index in [0.717, 1.165) is 23.7 Å². The molecule has 2 fully saturated rings. The topological polar surface area (TPSA) is 0 Å². The standard InChI is InChI=1S/C40H60/c1-7-11-15-31-25-39-27-33(17-13-9-3)34(18-14-10-4)28-40(39,26-32(31)16-12-8-2)38-24-30(6)20-22-36(38)35-21-19-29(5)23-37(35)39/h19-24,31-34H,7-18,25-28H2,1-6H3. The van der Waals surface area contributed by atoms with Crippen LogP contribution in [0.1, 0.15) is 153 Å². The summed E-state index contributed by atoms with van der Waals surface area (Å²) in [6.45, 7) is 14.3. The normalized spacial score (nSPS) is 30.8. The summed E-state index contributed by atoms with van der Waals surface area (Å²) in [7, 11) is 0. The molecule has 4 atom stereocenters. The Hall–Kier alpha value is -1.56. The van der Waals surface area contributed by atoms with Crippen molar-refractivity contribution in [2.24, 2.45) is 23.7 Å². The van der Waals surface area contributed by atoms with Crippen molar-refractivity contribution < 1.29 is 0 Å². The Balaban J connectivity index is 1.74. The second-order valence-corrected chi connectivity index (χ2v) is 14.7. The van der Waals surface area contributed by atoms with Crippen LogP contribution in [0.25, 0.3) is 11.1 Å². The third-order valence-electron chi connectivity index (χ3n) is 12.1. The number of hydrogen-bond acceptors (Lipinski definition) is 0. The van der Waals surface area contributed by atoms with Crippen molar-refractivity contribution in [3.63, 3.8) is 0 Å². The van der Waals surface area contributed by atoms with Gasteiger partial charge < -0.3 is 0 Å².